The van der Waals surface area contributed by atoms with Gasteiger partial charge in [0.05, 0.1) is 13.2 Å². The van der Waals surface area contributed by atoms with E-state index < -0.39 is 11.6 Å². The number of nitrogens with zero attached hydrogens (tertiary/aromatic N) is 1. The van der Waals surface area contributed by atoms with Gasteiger partial charge < -0.3 is 14.1 Å². The molecule has 5 nitrogen and oxygen atoms in total. The van der Waals surface area contributed by atoms with E-state index in [2.05, 4.69) is 21.4 Å². The highest BCUT2D eigenvalue weighted by Gasteiger charge is 2.14. The number of benzene rings is 2. The first-order chi connectivity index (χ1) is 14.9. The van der Waals surface area contributed by atoms with Crippen LogP contribution < -0.4 is 15.8 Å². The van der Waals surface area contributed by atoms with Crippen LogP contribution in [0.25, 0.3) is 0 Å². The van der Waals surface area contributed by atoms with Crippen molar-refractivity contribution >= 4 is 15.9 Å². The van der Waals surface area contributed by atoms with Gasteiger partial charge in [0.15, 0.2) is 0 Å². The quantitative estimate of drug-likeness (QED) is 0.342. The van der Waals surface area contributed by atoms with Crippen LogP contribution in [-0.2, 0) is 24.5 Å². The molecule has 3 aromatic rings. The van der Waals surface area contributed by atoms with Gasteiger partial charge in [0.25, 0.3) is 5.56 Å². The van der Waals surface area contributed by atoms with Gasteiger partial charge in [-0.2, -0.15) is 5.48 Å². The average Bonchev–Trinajstić information content (AvgIpc) is 2.75. The molecule has 0 aliphatic carbocycles. The minimum absolute atomic E-state index is 0.120. The molecule has 0 radical (unpaired) electrons. The predicted molar refractivity (Wildman–Crippen MR) is 118 cm³/mol. The number of hydrogen-bond acceptors (Lipinski definition) is 4. The second-order valence-corrected chi connectivity index (χ2v) is 7.74. The molecule has 0 saturated heterocycles. The Kier molecular flexibility index (Phi) is 7.95. The Bertz CT molecular complexity index is 1100. The number of aromatic nitrogens is 1. The second-order valence-electron chi connectivity index (χ2n) is 6.95. The van der Waals surface area contributed by atoms with Crippen molar-refractivity contribution in [1.82, 2.24) is 10.0 Å². The summed E-state index contributed by atoms with van der Waals surface area (Å²) in [5.74, 6) is -1.04. The van der Waals surface area contributed by atoms with E-state index in [1.165, 1.54) is 6.07 Å². The molecule has 2 aromatic carbocycles. The third-order valence-electron chi connectivity index (χ3n) is 4.70. The van der Waals surface area contributed by atoms with Gasteiger partial charge in [-0.15, -0.1) is 0 Å². The van der Waals surface area contributed by atoms with Crippen molar-refractivity contribution in [3.05, 3.63) is 97.4 Å². The molecular weight excluding hydrogens is 470 g/mol. The van der Waals surface area contributed by atoms with Crippen LogP contribution in [0.5, 0.6) is 5.75 Å². The standard InChI is InChI=1S/C23H23BrF2N2O3/c1-3-31-27-12-16-4-6-17(7-5-16)13-28-15(2)10-21(22(24)23(28)29)30-14-18-8-9-19(25)11-20(18)26/h4-11,27H,3,12-14H2,1-2H3. The molecule has 8 heteroatoms. The maximum absolute atomic E-state index is 13.8. The molecule has 0 aliphatic rings. The molecule has 0 unspecified atom stereocenters. The molecule has 0 spiro atoms. The summed E-state index contributed by atoms with van der Waals surface area (Å²) >= 11 is 3.29. The van der Waals surface area contributed by atoms with Crippen LogP contribution in [0.3, 0.4) is 0 Å². The first-order valence-corrected chi connectivity index (χ1v) is 10.6. The normalized spacial score (nSPS) is 11.0. The summed E-state index contributed by atoms with van der Waals surface area (Å²) in [7, 11) is 0. The number of ether oxygens (including phenoxy) is 1. The number of hydroxylamine groups is 1. The van der Waals surface area contributed by atoms with Crippen molar-refractivity contribution < 1.29 is 18.4 Å². The highest BCUT2D eigenvalue weighted by Crippen LogP contribution is 2.24. The van der Waals surface area contributed by atoms with Crippen molar-refractivity contribution in [1.29, 1.82) is 0 Å². The van der Waals surface area contributed by atoms with Gasteiger partial charge in [-0.3, -0.25) is 4.79 Å². The molecule has 1 aromatic heterocycles. The topological polar surface area (TPSA) is 52.5 Å². The average molecular weight is 493 g/mol. The molecule has 0 bridgehead atoms. The van der Waals surface area contributed by atoms with Crippen LogP contribution in [0.2, 0.25) is 0 Å². The Morgan fingerprint density at radius 3 is 2.45 bits per heavy atom. The Labute approximate surface area is 187 Å². The van der Waals surface area contributed by atoms with Crippen LogP contribution in [0.4, 0.5) is 8.78 Å². The smallest absolute Gasteiger partial charge is 0.269 e. The molecule has 3 rings (SSSR count). The fourth-order valence-electron chi connectivity index (χ4n) is 2.99. The summed E-state index contributed by atoms with van der Waals surface area (Å²) < 4.78 is 34.4. The minimum Gasteiger partial charge on any atom is -0.487 e. The van der Waals surface area contributed by atoms with Crippen LogP contribution in [-0.4, -0.2) is 11.2 Å². The van der Waals surface area contributed by atoms with Crippen molar-refractivity contribution in [3.8, 4) is 5.75 Å². The lowest BCUT2D eigenvalue weighted by Crippen LogP contribution is -2.24. The number of rotatable bonds is 9. The summed E-state index contributed by atoms with van der Waals surface area (Å²) in [5.41, 5.74) is 5.55. The molecule has 0 atom stereocenters. The summed E-state index contributed by atoms with van der Waals surface area (Å²) in [6.07, 6.45) is 0. The largest absolute Gasteiger partial charge is 0.487 e. The van der Waals surface area contributed by atoms with E-state index in [4.69, 9.17) is 9.57 Å². The number of halogens is 3. The fraction of sp³-hybridized carbons (Fsp3) is 0.261. The molecule has 0 amide bonds. The monoisotopic (exact) mass is 492 g/mol. The van der Waals surface area contributed by atoms with Crippen LogP contribution >= 0.6 is 15.9 Å². The van der Waals surface area contributed by atoms with Gasteiger partial charge in [-0.1, -0.05) is 24.3 Å². The van der Waals surface area contributed by atoms with Crippen LogP contribution in [0, 0.1) is 18.6 Å². The van der Waals surface area contributed by atoms with E-state index in [0.717, 1.165) is 23.3 Å². The zero-order valence-corrected chi connectivity index (χ0v) is 18.8. The number of hydrogen-bond donors (Lipinski definition) is 1. The summed E-state index contributed by atoms with van der Waals surface area (Å²) in [6.45, 7) is 5.18. The predicted octanol–water partition coefficient (Wildman–Crippen LogP) is 4.87. The molecule has 31 heavy (non-hydrogen) atoms. The van der Waals surface area contributed by atoms with Gasteiger partial charge >= 0.3 is 0 Å². The maximum Gasteiger partial charge on any atom is 0.269 e. The highest BCUT2D eigenvalue weighted by molar-refractivity contribution is 9.10. The van der Waals surface area contributed by atoms with Gasteiger partial charge in [0, 0.05) is 29.9 Å². The van der Waals surface area contributed by atoms with E-state index in [9.17, 15) is 13.6 Å². The van der Waals surface area contributed by atoms with Crippen LogP contribution in [0.15, 0.2) is 57.8 Å². The van der Waals surface area contributed by atoms with Crippen LogP contribution in [0.1, 0.15) is 29.3 Å². The first-order valence-electron chi connectivity index (χ1n) is 9.78. The Hall–Kier alpha value is -2.55. The lowest BCUT2D eigenvalue weighted by Gasteiger charge is -2.15. The Morgan fingerprint density at radius 2 is 1.77 bits per heavy atom. The second kappa shape index (κ2) is 10.7. The lowest BCUT2D eigenvalue weighted by atomic mass is 10.1. The van der Waals surface area contributed by atoms with E-state index in [1.54, 1.807) is 17.6 Å². The summed E-state index contributed by atoms with van der Waals surface area (Å²) in [6, 6.07) is 12.9. The minimum atomic E-state index is -0.693. The lowest BCUT2D eigenvalue weighted by molar-refractivity contribution is 0.0463. The zero-order chi connectivity index (χ0) is 22.4. The molecule has 0 aliphatic heterocycles. The molecule has 164 valence electrons. The maximum atomic E-state index is 13.8. The zero-order valence-electron chi connectivity index (χ0n) is 17.3. The third-order valence-corrected chi connectivity index (χ3v) is 5.43. The first kappa shape index (κ1) is 23.1. The van der Waals surface area contributed by atoms with Crippen molar-refractivity contribution in [2.45, 2.75) is 33.5 Å². The van der Waals surface area contributed by atoms with Crippen molar-refractivity contribution in [2.24, 2.45) is 0 Å². The number of pyridine rings is 1. The van der Waals surface area contributed by atoms with E-state index in [0.29, 0.717) is 31.1 Å². The van der Waals surface area contributed by atoms with E-state index in [-0.39, 0.29) is 22.2 Å². The number of nitrogens with one attached hydrogen (secondary N) is 1. The molecular formula is C23H23BrF2N2O3. The third kappa shape index (κ3) is 6.00. The number of aryl methyl sites for hydroxylation is 1. The summed E-state index contributed by atoms with van der Waals surface area (Å²) in [4.78, 5) is 18.0. The highest BCUT2D eigenvalue weighted by atomic mass is 79.9. The molecule has 1 N–H and O–H groups in total. The molecule has 0 saturated carbocycles. The van der Waals surface area contributed by atoms with Gasteiger partial charge in [0.1, 0.15) is 28.5 Å². The van der Waals surface area contributed by atoms with Crippen molar-refractivity contribution in [3.63, 3.8) is 0 Å². The van der Waals surface area contributed by atoms with Gasteiger partial charge in [-0.25, -0.2) is 8.78 Å². The molecule has 1 heterocycles. The van der Waals surface area contributed by atoms with Crippen molar-refractivity contribution in [2.75, 3.05) is 6.61 Å². The van der Waals surface area contributed by atoms with Gasteiger partial charge in [0.2, 0.25) is 0 Å². The van der Waals surface area contributed by atoms with Gasteiger partial charge in [-0.05, 0) is 53.0 Å². The SMILES string of the molecule is CCONCc1ccc(Cn2c(C)cc(OCc3ccc(F)cc3F)c(Br)c2=O)cc1. The fourth-order valence-corrected chi connectivity index (χ4v) is 3.44. The summed E-state index contributed by atoms with van der Waals surface area (Å²) in [5, 5.41) is 0. The Morgan fingerprint density at radius 1 is 1.06 bits per heavy atom. The van der Waals surface area contributed by atoms with E-state index in [1.807, 2.05) is 31.2 Å². The van der Waals surface area contributed by atoms with E-state index >= 15 is 0 Å². The molecule has 0 fully saturated rings. The Balaban J connectivity index is 1.73.